The average molecular weight is 319 g/mol. The lowest BCUT2D eigenvalue weighted by molar-refractivity contribution is 0.0737. The second-order valence-electron chi connectivity index (χ2n) is 6.26. The Morgan fingerprint density at radius 3 is 2.25 bits per heavy atom. The Bertz CT molecular complexity index is 861. The highest BCUT2D eigenvalue weighted by Crippen LogP contribution is 2.21. The first-order chi connectivity index (χ1) is 11.7. The van der Waals surface area contributed by atoms with Crippen LogP contribution in [0.25, 0.3) is 10.9 Å². The van der Waals surface area contributed by atoms with Gasteiger partial charge in [-0.25, -0.2) is 0 Å². The second-order valence-corrected chi connectivity index (χ2v) is 6.26. The van der Waals surface area contributed by atoms with E-state index in [4.69, 9.17) is 0 Å². The molecular weight excluding hydrogens is 298 g/mol. The first kappa shape index (κ1) is 14.8. The molecule has 4 nitrogen and oxygen atoms in total. The largest absolute Gasteiger partial charge is 0.368 e. The van der Waals surface area contributed by atoms with Crippen molar-refractivity contribution in [1.82, 2.24) is 9.47 Å². The van der Waals surface area contributed by atoms with Crippen molar-refractivity contribution < 1.29 is 4.79 Å². The lowest BCUT2D eigenvalue weighted by Gasteiger charge is -2.36. The van der Waals surface area contributed by atoms with Gasteiger partial charge in [0.05, 0.1) is 0 Å². The van der Waals surface area contributed by atoms with Crippen LogP contribution in [0.15, 0.2) is 60.7 Å². The van der Waals surface area contributed by atoms with Crippen molar-refractivity contribution in [3.05, 3.63) is 66.4 Å². The zero-order valence-corrected chi connectivity index (χ0v) is 13.9. The van der Waals surface area contributed by atoms with Gasteiger partial charge in [0.25, 0.3) is 5.91 Å². The second kappa shape index (κ2) is 6.04. The molecule has 0 saturated carbocycles. The van der Waals surface area contributed by atoms with Gasteiger partial charge in [-0.3, -0.25) is 4.79 Å². The normalized spacial score (nSPS) is 15.0. The summed E-state index contributed by atoms with van der Waals surface area (Å²) in [4.78, 5) is 17.2. The third kappa shape index (κ3) is 2.54. The van der Waals surface area contributed by atoms with Gasteiger partial charge in [-0.2, -0.15) is 0 Å². The van der Waals surface area contributed by atoms with Crippen molar-refractivity contribution in [3.8, 4) is 0 Å². The fraction of sp³-hybridized carbons (Fsp3) is 0.250. The highest BCUT2D eigenvalue weighted by molar-refractivity contribution is 5.98. The molecule has 3 aromatic rings. The zero-order valence-electron chi connectivity index (χ0n) is 13.9. The molecule has 0 spiro atoms. The molecule has 0 radical (unpaired) electrons. The summed E-state index contributed by atoms with van der Waals surface area (Å²) in [7, 11) is 1.97. The number of anilines is 1. The Kier molecular flexibility index (Phi) is 3.73. The van der Waals surface area contributed by atoms with Gasteiger partial charge in [-0.05, 0) is 24.3 Å². The number of benzene rings is 2. The first-order valence-electron chi connectivity index (χ1n) is 8.38. The summed E-state index contributed by atoms with van der Waals surface area (Å²) in [5, 5.41) is 1.12. The predicted octanol–water partition coefficient (Wildman–Crippen LogP) is 3.14. The molecule has 0 N–H and O–H groups in total. The number of carbonyl (C=O) groups excluding carboxylic acids is 1. The van der Waals surface area contributed by atoms with Crippen molar-refractivity contribution in [2.75, 3.05) is 31.1 Å². The van der Waals surface area contributed by atoms with E-state index in [1.54, 1.807) is 0 Å². The van der Waals surface area contributed by atoms with E-state index in [9.17, 15) is 4.79 Å². The minimum Gasteiger partial charge on any atom is -0.368 e. The molecule has 122 valence electrons. The molecule has 4 heteroatoms. The van der Waals surface area contributed by atoms with Crippen molar-refractivity contribution in [1.29, 1.82) is 0 Å². The molecular formula is C20H21N3O. The van der Waals surface area contributed by atoms with Gasteiger partial charge in [0, 0.05) is 49.8 Å². The minimum absolute atomic E-state index is 0.126. The molecule has 0 unspecified atom stereocenters. The molecule has 0 atom stereocenters. The third-order valence-corrected chi connectivity index (χ3v) is 4.86. The van der Waals surface area contributed by atoms with Crippen LogP contribution in [0.2, 0.25) is 0 Å². The standard InChI is InChI=1S/C20H21N3O/c1-21-18-10-6-5-7-16(18)15-19(21)20(24)23-13-11-22(12-14-23)17-8-3-2-4-9-17/h2-10,15H,11-14H2,1H3. The zero-order chi connectivity index (χ0) is 16.5. The fourth-order valence-corrected chi connectivity index (χ4v) is 3.46. The number of aromatic nitrogens is 1. The van der Waals surface area contributed by atoms with Gasteiger partial charge < -0.3 is 14.4 Å². The number of aryl methyl sites for hydroxylation is 1. The lowest BCUT2D eigenvalue weighted by atomic mass is 10.2. The summed E-state index contributed by atoms with van der Waals surface area (Å²) in [6, 6.07) is 20.5. The maximum Gasteiger partial charge on any atom is 0.270 e. The first-order valence-corrected chi connectivity index (χ1v) is 8.38. The van der Waals surface area contributed by atoms with Gasteiger partial charge in [-0.1, -0.05) is 36.4 Å². The highest BCUT2D eigenvalue weighted by atomic mass is 16.2. The van der Waals surface area contributed by atoms with Gasteiger partial charge in [0.2, 0.25) is 0 Å². The van der Waals surface area contributed by atoms with E-state index in [-0.39, 0.29) is 5.91 Å². The Morgan fingerprint density at radius 1 is 0.875 bits per heavy atom. The van der Waals surface area contributed by atoms with Crippen molar-refractivity contribution >= 4 is 22.5 Å². The van der Waals surface area contributed by atoms with E-state index in [0.717, 1.165) is 42.8 Å². The molecule has 0 bridgehead atoms. The number of nitrogens with zero attached hydrogens (tertiary/aromatic N) is 3. The molecule has 2 aromatic carbocycles. The summed E-state index contributed by atoms with van der Waals surface area (Å²) in [6.07, 6.45) is 0. The van der Waals surface area contributed by atoms with Crippen LogP contribution >= 0.6 is 0 Å². The third-order valence-electron chi connectivity index (χ3n) is 4.86. The molecule has 1 aliphatic heterocycles. The van der Waals surface area contributed by atoms with E-state index in [1.165, 1.54) is 5.69 Å². The quantitative estimate of drug-likeness (QED) is 0.726. The molecule has 0 aliphatic carbocycles. The summed E-state index contributed by atoms with van der Waals surface area (Å²) < 4.78 is 2.00. The number of rotatable bonds is 2. The van der Waals surface area contributed by atoms with E-state index < -0.39 is 0 Å². The Hall–Kier alpha value is -2.75. The van der Waals surface area contributed by atoms with Crippen LogP contribution < -0.4 is 4.90 Å². The van der Waals surface area contributed by atoms with E-state index in [2.05, 4.69) is 41.3 Å². The number of hydrogen-bond acceptors (Lipinski definition) is 2. The number of amides is 1. The number of carbonyl (C=O) groups is 1. The van der Waals surface area contributed by atoms with Crippen molar-refractivity contribution in [2.24, 2.45) is 7.05 Å². The van der Waals surface area contributed by atoms with Crippen LogP contribution in [0.5, 0.6) is 0 Å². The minimum atomic E-state index is 0.126. The van der Waals surface area contributed by atoms with Crippen molar-refractivity contribution in [2.45, 2.75) is 0 Å². The maximum absolute atomic E-state index is 12.9. The fourth-order valence-electron chi connectivity index (χ4n) is 3.46. The van der Waals surface area contributed by atoms with Crippen LogP contribution in [0.1, 0.15) is 10.5 Å². The molecule has 1 amide bonds. The number of hydrogen-bond donors (Lipinski definition) is 0. The van der Waals surface area contributed by atoms with E-state index in [1.807, 2.05) is 40.8 Å². The Labute approximate surface area is 141 Å². The summed E-state index contributed by atoms with van der Waals surface area (Å²) in [6.45, 7) is 3.27. The van der Waals surface area contributed by atoms with Gasteiger partial charge in [0.15, 0.2) is 0 Å². The Morgan fingerprint density at radius 2 is 1.54 bits per heavy atom. The molecule has 1 aromatic heterocycles. The molecule has 24 heavy (non-hydrogen) atoms. The lowest BCUT2D eigenvalue weighted by Crippen LogP contribution is -2.49. The van der Waals surface area contributed by atoms with Crippen LogP contribution in [0, 0.1) is 0 Å². The van der Waals surface area contributed by atoms with Crippen LogP contribution in [-0.4, -0.2) is 41.6 Å². The number of piperazine rings is 1. The summed E-state index contributed by atoms with van der Waals surface area (Å²) in [5.41, 5.74) is 3.10. The molecule has 1 saturated heterocycles. The molecule has 1 aliphatic rings. The molecule has 1 fully saturated rings. The monoisotopic (exact) mass is 319 g/mol. The summed E-state index contributed by atoms with van der Waals surface area (Å²) in [5.74, 6) is 0.126. The van der Waals surface area contributed by atoms with Gasteiger partial charge >= 0.3 is 0 Å². The SMILES string of the molecule is Cn1c(C(=O)N2CCN(c3ccccc3)CC2)cc2ccccc21. The van der Waals surface area contributed by atoms with Gasteiger partial charge in [0.1, 0.15) is 5.69 Å². The number of para-hydroxylation sites is 2. The predicted molar refractivity (Wildman–Crippen MR) is 97.5 cm³/mol. The van der Waals surface area contributed by atoms with Crippen molar-refractivity contribution in [3.63, 3.8) is 0 Å². The van der Waals surface area contributed by atoms with Crippen LogP contribution in [-0.2, 0) is 7.05 Å². The average Bonchev–Trinajstić information content (AvgIpc) is 2.99. The summed E-state index contributed by atoms with van der Waals surface area (Å²) >= 11 is 0. The Balaban J connectivity index is 1.51. The molecule has 2 heterocycles. The van der Waals surface area contributed by atoms with E-state index in [0.29, 0.717) is 0 Å². The van der Waals surface area contributed by atoms with Crippen LogP contribution in [0.3, 0.4) is 0 Å². The molecule has 4 rings (SSSR count). The smallest absolute Gasteiger partial charge is 0.270 e. The van der Waals surface area contributed by atoms with Gasteiger partial charge in [-0.15, -0.1) is 0 Å². The maximum atomic E-state index is 12.9. The van der Waals surface area contributed by atoms with E-state index >= 15 is 0 Å². The number of fused-ring (bicyclic) bond motifs is 1. The topological polar surface area (TPSA) is 28.5 Å². The van der Waals surface area contributed by atoms with Crippen LogP contribution in [0.4, 0.5) is 5.69 Å². The highest BCUT2D eigenvalue weighted by Gasteiger charge is 2.24.